The topological polar surface area (TPSA) is 67.4 Å². The van der Waals surface area contributed by atoms with Crippen LogP contribution in [0, 0.1) is 0 Å². The van der Waals surface area contributed by atoms with Gasteiger partial charge in [0.15, 0.2) is 0 Å². The minimum atomic E-state index is -0.443. The second-order valence-electron chi connectivity index (χ2n) is 4.36. The van der Waals surface area contributed by atoms with Crippen LogP contribution >= 0.6 is 21.6 Å². The van der Waals surface area contributed by atoms with Gasteiger partial charge in [0.05, 0.1) is 7.11 Å². The Morgan fingerprint density at radius 3 is 2.79 bits per heavy atom. The maximum atomic E-state index is 11.3. The van der Waals surface area contributed by atoms with Gasteiger partial charge in [-0.2, -0.15) is 0 Å². The van der Waals surface area contributed by atoms with Crippen LogP contribution in [0.15, 0.2) is 0 Å². The molecule has 0 bridgehead atoms. The van der Waals surface area contributed by atoms with E-state index in [9.17, 15) is 9.59 Å². The van der Waals surface area contributed by atoms with Gasteiger partial charge in [0.25, 0.3) is 0 Å². The largest absolute Gasteiger partial charge is 0.468 e. The average Bonchev–Trinajstić information content (AvgIpc) is 2.93. The molecule has 1 aliphatic heterocycles. The number of urea groups is 1. The molecule has 0 aromatic heterocycles. The van der Waals surface area contributed by atoms with Crippen LogP contribution in [0.25, 0.3) is 0 Å². The highest BCUT2D eigenvalue weighted by Gasteiger charge is 2.15. The van der Waals surface area contributed by atoms with Gasteiger partial charge < -0.3 is 15.4 Å². The van der Waals surface area contributed by atoms with Crippen molar-refractivity contribution >= 4 is 33.6 Å². The fourth-order valence-electron chi connectivity index (χ4n) is 1.73. The highest BCUT2D eigenvalue weighted by molar-refractivity contribution is 8.77. The highest BCUT2D eigenvalue weighted by Crippen LogP contribution is 2.39. The van der Waals surface area contributed by atoms with E-state index in [0.717, 1.165) is 18.1 Å². The van der Waals surface area contributed by atoms with Gasteiger partial charge in [-0.1, -0.05) is 34.4 Å². The van der Waals surface area contributed by atoms with E-state index in [4.69, 9.17) is 0 Å². The number of unbranched alkanes of at least 4 members (excludes halogenated alkanes) is 2. The first-order valence-corrected chi connectivity index (χ1v) is 8.97. The molecule has 0 saturated carbocycles. The second-order valence-corrected chi connectivity index (χ2v) is 7.15. The van der Waals surface area contributed by atoms with Crippen LogP contribution in [0.5, 0.6) is 0 Å². The Morgan fingerprint density at radius 2 is 2.11 bits per heavy atom. The Balaban J connectivity index is 1.86. The Labute approximate surface area is 122 Å². The molecule has 2 amide bonds. The fourth-order valence-corrected chi connectivity index (χ4v) is 4.75. The molecule has 0 radical (unpaired) electrons. The number of carbonyl (C=O) groups is 2. The number of methoxy groups -OCH3 is 1. The second kappa shape index (κ2) is 10.3. The maximum absolute atomic E-state index is 11.3. The van der Waals surface area contributed by atoms with Crippen molar-refractivity contribution in [2.45, 2.75) is 37.4 Å². The summed E-state index contributed by atoms with van der Waals surface area (Å²) in [6, 6.07) is -0.312. The van der Waals surface area contributed by atoms with Crippen LogP contribution in [0.4, 0.5) is 4.79 Å². The quantitative estimate of drug-likeness (QED) is 0.409. The number of nitrogens with one attached hydrogen (secondary N) is 2. The van der Waals surface area contributed by atoms with Crippen molar-refractivity contribution in [1.82, 2.24) is 10.6 Å². The SMILES string of the molecule is COC(=O)CNC(=O)NCCCCCC1CCSS1. The Kier molecular flexibility index (Phi) is 8.90. The third-order valence-electron chi connectivity index (χ3n) is 2.84. The monoisotopic (exact) mass is 306 g/mol. The molecule has 110 valence electrons. The number of hydrogen-bond acceptors (Lipinski definition) is 5. The zero-order chi connectivity index (χ0) is 13.9. The normalized spacial score (nSPS) is 18.1. The minimum absolute atomic E-state index is 0.0844. The summed E-state index contributed by atoms with van der Waals surface area (Å²) in [6.07, 6.45) is 5.97. The standard InChI is InChI=1S/C12H22N2O3S2/c1-17-11(15)9-14-12(16)13-7-4-2-3-5-10-6-8-18-19-10/h10H,2-9H2,1H3,(H2,13,14,16). The molecular formula is C12H22N2O3S2. The van der Waals surface area contributed by atoms with E-state index in [1.807, 2.05) is 21.6 Å². The third kappa shape index (κ3) is 8.26. The summed E-state index contributed by atoms with van der Waals surface area (Å²) < 4.78 is 4.42. The number of hydrogen-bond donors (Lipinski definition) is 2. The molecule has 0 aromatic rings. The van der Waals surface area contributed by atoms with Crippen molar-refractivity contribution in [1.29, 1.82) is 0 Å². The molecular weight excluding hydrogens is 284 g/mol. The number of amides is 2. The lowest BCUT2D eigenvalue weighted by Gasteiger charge is -2.08. The third-order valence-corrected chi connectivity index (χ3v) is 5.84. The maximum Gasteiger partial charge on any atom is 0.325 e. The summed E-state index contributed by atoms with van der Waals surface area (Å²) in [6.45, 7) is 0.568. The zero-order valence-electron chi connectivity index (χ0n) is 11.3. The highest BCUT2D eigenvalue weighted by atomic mass is 33.1. The van der Waals surface area contributed by atoms with E-state index < -0.39 is 5.97 Å². The number of carbonyl (C=O) groups excluding carboxylic acids is 2. The van der Waals surface area contributed by atoms with Crippen molar-refractivity contribution in [3.63, 3.8) is 0 Å². The molecule has 1 unspecified atom stereocenters. The molecule has 1 atom stereocenters. The first kappa shape index (κ1) is 16.5. The first-order chi connectivity index (χ1) is 9.22. The van der Waals surface area contributed by atoms with E-state index in [1.54, 1.807) is 0 Å². The summed E-state index contributed by atoms with van der Waals surface area (Å²) in [5, 5.41) is 6.00. The zero-order valence-corrected chi connectivity index (χ0v) is 12.9. The molecule has 5 nitrogen and oxygen atoms in total. The minimum Gasteiger partial charge on any atom is -0.468 e. The Bertz CT molecular complexity index is 284. The van der Waals surface area contributed by atoms with E-state index in [-0.39, 0.29) is 12.6 Å². The molecule has 1 fully saturated rings. The predicted molar refractivity (Wildman–Crippen MR) is 80.3 cm³/mol. The number of rotatable bonds is 8. The predicted octanol–water partition coefficient (Wildman–Crippen LogP) is 2.17. The molecule has 2 N–H and O–H groups in total. The molecule has 0 aliphatic carbocycles. The van der Waals surface area contributed by atoms with Crippen LogP contribution in [-0.4, -0.2) is 43.2 Å². The first-order valence-electron chi connectivity index (χ1n) is 6.59. The Morgan fingerprint density at radius 1 is 1.26 bits per heavy atom. The van der Waals surface area contributed by atoms with Crippen LogP contribution in [-0.2, 0) is 9.53 Å². The van der Waals surface area contributed by atoms with Gasteiger partial charge in [0.2, 0.25) is 0 Å². The molecule has 19 heavy (non-hydrogen) atoms. The molecule has 7 heteroatoms. The molecule has 1 saturated heterocycles. The van der Waals surface area contributed by atoms with Crippen molar-refractivity contribution in [3.8, 4) is 0 Å². The fraction of sp³-hybridized carbons (Fsp3) is 0.833. The van der Waals surface area contributed by atoms with Crippen LogP contribution in [0.3, 0.4) is 0 Å². The summed E-state index contributed by atoms with van der Waals surface area (Å²) in [7, 11) is 5.29. The van der Waals surface area contributed by atoms with Gasteiger partial charge in [-0.25, -0.2) is 4.79 Å². The number of esters is 1. The summed E-state index contributed by atoms with van der Waals surface area (Å²) >= 11 is 0. The molecule has 1 rings (SSSR count). The van der Waals surface area contributed by atoms with E-state index in [2.05, 4.69) is 15.4 Å². The van der Waals surface area contributed by atoms with Crippen molar-refractivity contribution in [3.05, 3.63) is 0 Å². The summed E-state index contributed by atoms with van der Waals surface area (Å²) in [5.74, 6) is 0.846. The van der Waals surface area contributed by atoms with E-state index in [1.165, 1.54) is 32.1 Å². The molecule has 0 aromatic carbocycles. The van der Waals surface area contributed by atoms with Gasteiger partial charge in [-0.05, 0) is 19.3 Å². The van der Waals surface area contributed by atoms with Crippen LogP contribution in [0.1, 0.15) is 32.1 Å². The van der Waals surface area contributed by atoms with Gasteiger partial charge in [-0.15, -0.1) is 0 Å². The molecule has 1 heterocycles. The Hall–Kier alpha value is -0.560. The van der Waals surface area contributed by atoms with Gasteiger partial charge in [0.1, 0.15) is 6.54 Å². The lowest BCUT2D eigenvalue weighted by molar-refractivity contribution is -0.139. The lowest BCUT2D eigenvalue weighted by atomic mass is 10.1. The van der Waals surface area contributed by atoms with Gasteiger partial charge >= 0.3 is 12.0 Å². The van der Waals surface area contributed by atoms with Crippen molar-refractivity contribution in [2.24, 2.45) is 0 Å². The summed E-state index contributed by atoms with van der Waals surface area (Å²) in [5.41, 5.74) is 0. The van der Waals surface area contributed by atoms with E-state index in [0.29, 0.717) is 6.54 Å². The molecule has 1 aliphatic rings. The van der Waals surface area contributed by atoms with Gasteiger partial charge in [0, 0.05) is 17.5 Å². The lowest BCUT2D eigenvalue weighted by Crippen LogP contribution is -2.39. The average molecular weight is 306 g/mol. The van der Waals surface area contributed by atoms with Gasteiger partial charge in [-0.3, -0.25) is 4.79 Å². The van der Waals surface area contributed by atoms with E-state index >= 15 is 0 Å². The smallest absolute Gasteiger partial charge is 0.325 e. The van der Waals surface area contributed by atoms with Crippen LogP contribution in [0.2, 0.25) is 0 Å². The summed E-state index contributed by atoms with van der Waals surface area (Å²) in [4.78, 5) is 22.1. The molecule has 0 spiro atoms. The number of ether oxygens (including phenoxy) is 1. The van der Waals surface area contributed by atoms with Crippen molar-refractivity contribution in [2.75, 3.05) is 26.0 Å². The van der Waals surface area contributed by atoms with Crippen LogP contribution < -0.4 is 10.6 Å². The van der Waals surface area contributed by atoms with Crippen molar-refractivity contribution < 1.29 is 14.3 Å².